The third kappa shape index (κ3) is 4.36. The van der Waals surface area contributed by atoms with Crippen molar-refractivity contribution < 1.29 is 18.0 Å². The molecule has 1 N–H and O–H groups in total. The number of amides is 1. The van der Waals surface area contributed by atoms with Crippen LogP contribution < -0.4 is 5.32 Å². The largest absolute Gasteiger partial charge is 0.458 e. The summed E-state index contributed by atoms with van der Waals surface area (Å²) in [6.07, 6.45) is -3.00. The molecule has 3 nitrogen and oxygen atoms in total. The van der Waals surface area contributed by atoms with Gasteiger partial charge in [0.05, 0.1) is 17.4 Å². The number of hydrogen-bond acceptors (Lipinski definition) is 2. The molecule has 124 valence electrons. The van der Waals surface area contributed by atoms with Crippen LogP contribution in [0.2, 0.25) is 0 Å². The Morgan fingerprint density at radius 3 is 2.48 bits per heavy atom. The van der Waals surface area contributed by atoms with E-state index in [1.54, 1.807) is 12.3 Å². The van der Waals surface area contributed by atoms with Crippen LogP contribution in [-0.2, 0) is 0 Å². The highest BCUT2D eigenvalue weighted by molar-refractivity contribution is 6.04. The van der Waals surface area contributed by atoms with Crippen LogP contribution in [0.15, 0.2) is 60.8 Å². The van der Waals surface area contributed by atoms with Gasteiger partial charge >= 0.3 is 6.18 Å². The molecule has 0 aliphatic rings. The van der Waals surface area contributed by atoms with Gasteiger partial charge in [-0.1, -0.05) is 24.1 Å². The Morgan fingerprint density at radius 2 is 1.76 bits per heavy atom. The fourth-order valence-corrected chi connectivity index (χ4v) is 2.19. The van der Waals surface area contributed by atoms with E-state index < -0.39 is 6.18 Å². The molecule has 0 fully saturated rings. The number of anilines is 1. The maximum Gasteiger partial charge on any atom is 0.458 e. The van der Waals surface area contributed by atoms with Crippen molar-refractivity contribution in [2.75, 3.05) is 5.32 Å². The first kappa shape index (κ1) is 16.5. The van der Waals surface area contributed by atoms with E-state index in [1.165, 1.54) is 30.2 Å². The fraction of sp³-hybridized carbons (Fsp3) is 0.0526. The molecule has 2 aromatic carbocycles. The average Bonchev–Trinajstić information content (AvgIpc) is 2.59. The maximum atomic E-state index is 12.2. The summed E-state index contributed by atoms with van der Waals surface area (Å²) in [6.45, 7) is 0. The Kier molecular flexibility index (Phi) is 4.40. The van der Waals surface area contributed by atoms with E-state index >= 15 is 0 Å². The Labute approximate surface area is 141 Å². The standard InChI is InChI=1S/C19H11F3N2O/c20-19(21,22)10-9-13-5-7-14(8-6-13)18(25)24-16-11-15-3-1-2-4-17(15)23-12-16/h1-8,11-12H,(H,24,25). The Morgan fingerprint density at radius 1 is 1.04 bits per heavy atom. The van der Waals surface area contributed by atoms with Crippen LogP contribution in [-0.4, -0.2) is 17.1 Å². The highest BCUT2D eigenvalue weighted by Crippen LogP contribution is 2.17. The zero-order valence-electron chi connectivity index (χ0n) is 12.8. The van der Waals surface area contributed by atoms with Gasteiger partial charge in [0.25, 0.3) is 5.91 Å². The van der Waals surface area contributed by atoms with Crippen molar-refractivity contribution in [3.05, 3.63) is 71.9 Å². The molecule has 0 saturated heterocycles. The van der Waals surface area contributed by atoms with Gasteiger partial charge in [0, 0.05) is 22.4 Å². The molecule has 0 atom stereocenters. The minimum absolute atomic E-state index is 0.182. The molecule has 1 aromatic heterocycles. The Hall–Kier alpha value is -3.33. The predicted molar refractivity (Wildman–Crippen MR) is 89.1 cm³/mol. The second kappa shape index (κ2) is 6.65. The Balaban J connectivity index is 1.74. The van der Waals surface area contributed by atoms with Crippen LogP contribution in [0.25, 0.3) is 10.9 Å². The van der Waals surface area contributed by atoms with Crippen molar-refractivity contribution in [1.29, 1.82) is 0 Å². The monoisotopic (exact) mass is 340 g/mol. The number of hydrogen-bond donors (Lipinski definition) is 1. The lowest BCUT2D eigenvalue weighted by molar-refractivity contribution is -0.0696. The number of benzene rings is 2. The van der Waals surface area contributed by atoms with Crippen LogP contribution in [0.5, 0.6) is 0 Å². The van der Waals surface area contributed by atoms with Gasteiger partial charge in [0.1, 0.15) is 0 Å². The van der Waals surface area contributed by atoms with Gasteiger partial charge < -0.3 is 5.32 Å². The van der Waals surface area contributed by atoms with Crippen LogP contribution >= 0.6 is 0 Å². The lowest BCUT2D eigenvalue weighted by Crippen LogP contribution is -2.12. The van der Waals surface area contributed by atoms with E-state index in [0.717, 1.165) is 10.9 Å². The number of pyridine rings is 1. The molecular weight excluding hydrogens is 329 g/mol. The summed E-state index contributed by atoms with van der Waals surface area (Å²) in [5.74, 6) is 2.81. The third-order valence-corrected chi connectivity index (χ3v) is 3.34. The van der Waals surface area contributed by atoms with Crippen molar-refractivity contribution in [3.63, 3.8) is 0 Å². The summed E-state index contributed by atoms with van der Waals surface area (Å²) in [4.78, 5) is 16.5. The number of nitrogens with zero attached hydrogens (tertiary/aromatic N) is 1. The van der Waals surface area contributed by atoms with Crippen LogP contribution in [0.3, 0.4) is 0 Å². The third-order valence-electron chi connectivity index (χ3n) is 3.34. The van der Waals surface area contributed by atoms with Gasteiger partial charge in [-0.25, -0.2) is 0 Å². The molecule has 1 amide bonds. The number of nitrogens with one attached hydrogen (secondary N) is 1. The first-order valence-corrected chi connectivity index (χ1v) is 7.27. The van der Waals surface area contributed by atoms with Gasteiger partial charge in [0.2, 0.25) is 0 Å². The smallest absolute Gasteiger partial charge is 0.321 e. The summed E-state index contributed by atoms with van der Waals surface area (Å²) >= 11 is 0. The minimum Gasteiger partial charge on any atom is -0.321 e. The summed E-state index contributed by atoms with van der Waals surface area (Å²) in [5, 5.41) is 3.60. The number of carbonyl (C=O) groups is 1. The summed E-state index contributed by atoms with van der Waals surface area (Å²) < 4.78 is 36.2. The fourth-order valence-electron chi connectivity index (χ4n) is 2.19. The van der Waals surface area contributed by atoms with Crippen molar-refractivity contribution >= 4 is 22.5 Å². The van der Waals surface area contributed by atoms with Crippen LogP contribution in [0.1, 0.15) is 15.9 Å². The molecule has 0 aliphatic heterocycles. The normalized spacial score (nSPS) is 10.8. The lowest BCUT2D eigenvalue weighted by Gasteiger charge is -2.06. The van der Waals surface area contributed by atoms with Crippen molar-refractivity contribution in [1.82, 2.24) is 4.98 Å². The molecule has 3 aromatic rings. The zero-order chi connectivity index (χ0) is 17.9. The number of halogens is 3. The Bertz CT molecular complexity index is 983. The molecule has 6 heteroatoms. The number of alkyl halides is 3. The second-order valence-electron chi connectivity index (χ2n) is 5.20. The zero-order valence-corrected chi connectivity index (χ0v) is 12.8. The van der Waals surface area contributed by atoms with E-state index in [0.29, 0.717) is 11.3 Å². The van der Waals surface area contributed by atoms with E-state index in [2.05, 4.69) is 10.3 Å². The van der Waals surface area contributed by atoms with E-state index in [-0.39, 0.29) is 11.5 Å². The second-order valence-corrected chi connectivity index (χ2v) is 5.20. The molecule has 0 saturated carbocycles. The number of rotatable bonds is 2. The van der Waals surface area contributed by atoms with E-state index in [9.17, 15) is 18.0 Å². The SMILES string of the molecule is O=C(Nc1cnc2ccccc2c1)c1ccc(C#CC(F)(F)F)cc1. The van der Waals surface area contributed by atoms with Gasteiger partial charge in [0.15, 0.2) is 0 Å². The predicted octanol–water partition coefficient (Wildman–Crippen LogP) is 4.40. The molecule has 1 heterocycles. The maximum absolute atomic E-state index is 12.2. The number of aromatic nitrogens is 1. The topological polar surface area (TPSA) is 42.0 Å². The van der Waals surface area contributed by atoms with Gasteiger partial charge in [-0.05, 0) is 36.4 Å². The number of carbonyl (C=O) groups excluding carboxylic acids is 1. The highest BCUT2D eigenvalue weighted by Gasteiger charge is 2.22. The van der Waals surface area contributed by atoms with Gasteiger partial charge in [-0.15, -0.1) is 0 Å². The minimum atomic E-state index is -4.54. The average molecular weight is 340 g/mol. The molecule has 25 heavy (non-hydrogen) atoms. The lowest BCUT2D eigenvalue weighted by atomic mass is 10.1. The first-order valence-electron chi connectivity index (χ1n) is 7.27. The van der Waals surface area contributed by atoms with Crippen molar-refractivity contribution in [3.8, 4) is 11.8 Å². The van der Waals surface area contributed by atoms with Crippen molar-refractivity contribution in [2.24, 2.45) is 0 Å². The highest BCUT2D eigenvalue weighted by atomic mass is 19.4. The van der Waals surface area contributed by atoms with Crippen LogP contribution in [0.4, 0.5) is 18.9 Å². The molecular formula is C19H11F3N2O. The molecule has 0 spiro atoms. The molecule has 0 bridgehead atoms. The summed E-state index contributed by atoms with van der Waals surface area (Å²) in [7, 11) is 0. The van der Waals surface area contributed by atoms with Crippen LogP contribution in [0, 0.1) is 11.8 Å². The van der Waals surface area contributed by atoms with Gasteiger partial charge in [-0.2, -0.15) is 13.2 Å². The summed E-state index contributed by atoms with van der Waals surface area (Å²) in [6, 6.07) is 14.9. The number of para-hydroxylation sites is 1. The quantitative estimate of drug-likeness (QED) is 0.703. The molecule has 0 radical (unpaired) electrons. The van der Waals surface area contributed by atoms with Crippen molar-refractivity contribution in [2.45, 2.75) is 6.18 Å². The van der Waals surface area contributed by atoms with E-state index in [4.69, 9.17) is 0 Å². The first-order chi connectivity index (χ1) is 11.9. The molecule has 0 aliphatic carbocycles. The summed E-state index contributed by atoms with van der Waals surface area (Å²) in [5.41, 5.74) is 1.84. The molecule has 0 unspecified atom stereocenters. The van der Waals surface area contributed by atoms with E-state index in [1.807, 2.05) is 30.2 Å². The molecule has 3 rings (SSSR count). The number of fused-ring (bicyclic) bond motifs is 1. The van der Waals surface area contributed by atoms with Gasteiger partial charge in [-0.3, -0.25) is 9.78 Å².